The second-order valence-corrected chi connectivity index (χ2v) is 6.22. The van der Waals surface area contributed by atoms with Crippen LogP contribution in [-0.4, -0.2) is 35.4 Å². The Balaban J connectivity index is 1.48. The van der Waals surface area contributed by atoms with Gasteiger partial charge in [-0.2, -0.15) is 0 Å². The number of nitrogens with zero attached hydrogens (tertiary/aromatic N) is 2. The van der Waals surface area contributed by atoms with Crippen molar-refractivity contribution in [3.05, 3.63) is 59.9 Å². The lowest BCUT2D eigenvalue weighted by Gasteiger charge is -2.17. The molecule has 1 N–H and O–H groups in total. The van der Waals surface area contributed by atoms with Gasteiger partial charge >= 0.3 is 0 Å². The molecular weight excluding hydrogens is 286 g/mol. The molecule has 1 amide bonds. The third-order valence-corrected chi connectivity index (χ3v) is 4.41. The van der Waals surface area contributed by atoms with Gasteiger partial charge in [0, 0.05) is 50.1 Å². The molecule has 0 radical (unpaired) electrons. The van der Waals surface area contributed by atoms with Crippen molar-refractivity contribution in [2.45, 2.75) is 19.8 Å². The predicted molar refractivity (Wildman–Crippen MR) is 92.3 cm³/mol. The number of hydrogen-bond donors (Lipinski definition) is 1. The molecule has 0 saturated carbocycles. The smallest absolute Gasteiger partial charge is 0.223 e. The van der Waals surface area contributed by atoms with Crippen LogP contribution >= 0.6 is 0 Å². The van der Waals surface area contributed by atoms with Crippen molar-refractivity contribution in [2.75, 3.05) is 25.0 Å². The first-order valence-electron chi connectivity index (χ1n) is 8.18. The van der Waals surface area contributed by atoms with Crippen molar-refractivity contribution >= 4 is 11.6 Å². The van der Waals surface area contributed by atoms with Crippen molar-refractivity contribution < 1.29 is 4.79 Å². The Bertz CT molecular complexity index is 657. The number of rotatable bonds is 6. The fourth-order valence-corrected chi connectivity index (χ4v) is 3.04. The van der Waals surface area contributed by atoms with Gasteiger partial charge in [0.05, 0.1) is 0 Å². The quantitative estimate of drug-likeness (QED) is 0.892. The first-order valence-corrected chi connectivity index (χ1v) is 8.18. The number of aromatic nitrogens is 1. The van der Waals surface area contributed by atoms with Crippen LogP contribution in [0.1, 0.15) is 17.5 Å². The summed E-state index contributed by atoms with van der Waals surface area (Å²) in [7, 11) is 0. The number of aryl methyl sites for hydroxylation is 1. The van der Waals surface area contributed by atoms with E-state index in [9.17, 15) is 4.79 Å². The highest BCUT2D eigenvalue weighted by Gasteiger charge is 2.28. The summed E-state index contributed by atoms with van der Waals surface area (Å²) in [5.41, 5.74) is 3.53. The highest BCUT2D eigenvalue weighted by atomic mass is 16.2. The Morgan fingerprint density at radius 2 is 2.09 bits per heavy atom. The minimum absolute atomic E-state index is 0.277. The van der Waals surface area contributed by atoms with Crippen molar-refractivity contribution in [3.63, 3.8) is 0 Å². The van der Waals surface area contributed by atoms with E-state index in [1.165, 1.54) is 5.56 Å². The van der Waals surface area contributed by atoms with Crippen LogP contribution in [0.5, 0.6) is 0 Å². The highest BCUT2D eigenvalue weighted by molar-refractivity contribution is 5.78. The molecule has 1 aromatic heterocycles. The molecule has 4 nitrogen and oxygen atoms in total. The van der Waals surface area contributed by atoms with E-state index in [0.29, 0.717) is 12.3 Å². The van der Waals surface area contributed by atoms with Gasteiger partial charge in [-0.3, -0.25) is 9.78 Å². The Labute approximate surface area is 137 Å². The van der Waals surface area contributed by atoms with Gasteiger partial charge in [-0.1, -0.05) is 30.3 Å². The molecule has 1 unspecified atom stereocenters. The third kappa shape index (κ3) is 4.09. The molecule has 23 heavy (non-hydrogen) atoms. The molecule has 1 aliphatic heterocycles. The lowest BCUT2D eigenvalue weighted by atomic mass is 10.1. The summed E-state index contributed by atoms with van der Waals surface area (Å²) < 4.78 is 0. The maximum atomic E-state index is 12.2. The Morgan fingerprint density at radius 3 is 2.87 bits per heavy atom. The maximum absolute atomic E-state index is 12.2. The van der Waals surface area contributed by atoms with Crippen molar-refractivity contribution in [1.29, 1.82) is 0 Å². The van der Waals surface area contributed by atoms with Crippen LogP contribution in [-0.2, 0) is 11.2 Å². The molecule has 2 heterocycles. The van der Waals surface area contributed by atoms with Gasteiger partial charge in [0.2, 0.25) is 5.91 Å². The van der Waals surface area contributed by atoms with E-state index in [0.717, 1.165) is 37.3 Å². The standard InChI is InChI=1S/C19H23N3O/c1-15-12-20-9-7-18(15)21-13-17-11-19(23)22(14-17)10-8-16-5-3-2-4-6-16/h2-7,9,12,17H,8,10-11,13-14H2,1H3,(H,20,21). The molecule has 1 fully saturated rings. The van der Waals surface area contributed by atoms with Crippen LogP contribution in [0.25, 0.3) is 0 Å². The normalized spacial score (nSPS) is 17.5. The van der Waals surface area contributed by atoms with Gasteiger partial charge in [0.25, 0.3) is 0 Å². The molecule has 4 heteroatoms. The number of amides is 1. The molecule has 1 aliphatic rings. The van der Waals surface area contributed by atoms with Crippen LogP contribution in [0.3, 0.4) is 0 Å². The zero-order valence-corrected chi connectivity index (χ0v) is 13.5. The number of likely N-dealkylation sites (tertiary alicyclic amines) is 1. The largest absolute Gasteiger partial charge is 0.384 e. The zero-order chi connectivity index (χ0) is 16.1. The number of carbonyl (C=O) groups excluding carboxylic acids is 1. The van der Waals surface area contributed by atoms with E-state index in [4.69, 9.17) is 0 Å². The summed E-state index contributed by atoms with van der Waals surface area (Å²) in [4.78, 5) is 18.3. The summed E-state index contributed by atoms with van der Waals surface area (Å²) in [5, 5.41) is 3.45. The van der Waals surface area contributed by atoms with Crippen LogP contribution in [0, 0.1) is 12.8 Å². The fourth-order valence-electron chi connectivity index (χ4n) is 3.04. The van der Waals surface area contributed by atoms with Crippen molar-refractivity contribution in [2.24, 2.45) is 5.92 Å². The number of anilines is 1. The molecule has 1 atom stereocenters. The Kier molecular flexibility index (Phi) is 4.91. The van der Waals surface area contributed by atoms with Gasteiger partial charge in [-0.05, 0) is 30.5 Å². The molecule has 0 bridgehead atoms. The minimum atomic E-state index is 0.277. The third-order valence-electron chi connectivity index (χ3n) is 4.41. The van der Waals surface area contributed by atoms with E-state index < -0.39 is 0 Å². The van der Waals surface area contributed by atoms with E-state index in [1.54, 1.807) is 6.20 Å². The SMILES string of the molecule is Cc1cnccc1NCC1CC(=O)N(CCc2ccccc2)C1. The molecule has 0 aliphatic carbocycles. The predicted octanol–water partition coefficient (Wildman–Crippen LogP) is 2.89. The summed E-state index contributed by atoms with van der Waals surface area (Å²) >= 11 is 0. The van der Waals surface area contributed by atoms with Gasteiger partial charge in [0.15, 0.2) is 0 Å². The van der Waals surface area contributed by atoms with Crippen LogP contribution < -0.4 is 5.32 Å². The lowest BCUT2D eigenvalue weighted by Crippen LogP contribution is -2.28. The molecule has 3 rings (SSSR count). The highest BCUT2D eigenvalue weighted by Crippen LogP contribution is 2.20. The molecule has 120 valence electrons. The molecule has 1 aromatic carbocycles. The second kappa shape index (κ2) is 7.27. The molecule has 2 aromatic rings. The number of pyridine rings is 1. The first-order chi connectivity index (χ1) is 11.2. The first kappa shape index (κ1) is 15.5. The number of hydrogen-bond acceptors (Lipinski definition) is 3. The minimum Gasteiger partial charge on any atom is -0.384 e. The van der Waals surface area contributed by atoms with E-state index in [2.05, 4.69) is 22.4 Å². The summed E-state index contributed by atoms with van der Waals surface area (Å²) in [6, 6.07) is 12.3. The summed E-state index contributed by atoms with van der Waals surface area (Å²) in [6.07, 6.45) is 5.22. The summed E-state index contributed by atoms with van der Waals surface area (Å²) in [6.45, 7) is 4.54. The van der Waals surface area contributed by atoms with Crippen LogP contribution in [0.4, 0.5) is 5.69 Å². The monoisotopic (exact) mass is 309 g/mol. The number of benzene rings is 1. The fraction of sp³-hybridized carbons (Fsp3) is 0.368. The van der Waals surface area contributed by atoms with Gasteiger partial charge < -0.3 is 10.2 Å². The van der Waals surface area contributed by atoms with Crippen molar-refractivity contribution in [3.8, 4) is 0 Å². The average Bonchev–Trinajstić information content (AvgIpc) is 2.93. The molecule has 0 spiro atoms. The second-order valence-electron chi connectivity index (χ2n) is 6.22. The molecular formula is C19H23N3O. The number of nitrogens with one attached hydrogen (secondary N) is 1. The lowest BCUT2D eigenvalue weighted by molar-refractivity contribution is -0.127. The van der Waals surface area contributed by atoms with Crippen LogP contribution in [0.2, 0.25) is 0 Å². The Morgan fingerprint density at radius 1 is 1.26 bits per heavy atom. The van der Waals surface area contributed by atoms with Crippen LogP contribution in [0.15, 0.2) is 48.8 Å². The van der Waals surface area contributed by atoms with E-state index in [-0.39, 0.29) is 5.91 Å². The number of carbonyl (C=O) groups is 1. The topological polar surface area (TPSA) is 45.2 Å². The van der Waals surface area contributed by atoms with E-state index in [1.807, 2.05) is 42.3 Å². The maximum Gasteiger partial charge on any atom is 0.223 e. The van der Waals surface area contributed by atoms with E-state index >= 15 is 0 Å². The van der Waals surface area contributed by atoms with Gasteiger partial charge in [-0.15, -0.1) is 0 Å². The van der Waals surface area contributed by atoms with Gasteiger partial charge in [-0.25, -0.2) is 0 Å². The van der Waals surface area contributed by atoms with Gasteiger partial charge in [0.1, 0.15) is 0 Å². The molecule has 1 saturated heterocycles. The Hall–Kier alpha value is -2.36. The summed E-state index contributed by atoms with van der Waals surface area (Å²) in [5.74, 6) is 0.657. The average molecular weight is 309 g/mol. The zero-order valence-electron chi connectivity index (χ0n) is 13.5. The van der Waals surface area contributed by atoms with Crippen molar-refractivity contribution in [1.82, 2.24) is 9.88 Å².